The number of hydrogen-bond acceptors (Lipinski definition) is 5. The van der Waals surface area contributed by atoms with Gasteiger partial charge in [0, 0.05) is 4.47 Å². The van der Waals surface area contributed by atoms with Crippen LogP contribution in [0.1, 0.15) is 11.9 Å². The maximum atomic E-state index is 12.8. The lowest BCUT2D eigenvalue weighted by atomic mass is 10.3. The number of nitrogens with zero attached hydrogens (tertiary/aromatic N) is 1. The van der Waals surface area contributed by atoms with E-state index in [4.69, 9.17) is 4.74 Å². The van der Waals surface area contributed by atoms with Crippen molar-refractivity contribution in [1.82, 2.24) is 4.98 Å². The van der Waals surface area contributed by atoms with Crippen LogP contribution in [0.25, 0.3) is 10.2 Å². The zero-order valence-corrected chi connectivity index (χ0v) is 16.3. The van der Waals surface area contributed by atoms with Crippen molar-refractivity contribution >= 4 is 53.2 Å². The number of hydrogen-bond donors (Lipinski definition) is 1. The fourth-order valence-electron chi connectivity index (χ4n) is 2.28. The molecule has 1 heterocycles. The number of rotatable bonds is 5. The van der Waals surface area contributed by atoms with Gasteiger partial charge in [-0.3, -0.25) is 4.72 Å². The van der Waals surface area contributed by atoms with E-state index in [9.17, 15) is 8.42 Å². The molecule has 3 aromatic rings. The van der Waals surface area contributed by atoms with Crippen molar-refractivity contribution in [3.8, 4) is 5.75 Å². The smallest absolute Gasteiger partial charge is 0.265 e. The van der Waals surface area contributed by atoms with E-state index in [1.54, 1.807) is 30.3 Å². The highest BCUT2D eigenvalue weighted by Crippen LogP contribution is 2.30. The van der Waals surface area contributed by atoms with Gasteiger partial charge in [0.15, 0.2) is 0 Å². The SMILES string of the molecule is CCOc1ccc(Br)cc1S(=O)(=O)Nc1ccc2nc(C)sc2c1. The third-order valence-electron chi connectivity index (χ3n) is 3.24. The summed E-state index contributed by atoms with van der Waals surface area (Å²) in [5.74, 6) is 0.322. The molecule has 24 heavy (non-hydrogen) atoms. The summed E-state index contributed by atoms with van der Waals surface area (Å²) in [5.41, 5.74) is 1.35. The summed E-state index contributed by atoms with van der Waals surface area (Å²) >= 11 is 4.83. The maximum absolute atomic E-state index is 12.8. The number of ether oxygens (including phenoxy) is 1. The van der Waals surface area contributed by atoms with E-state index in [1.165, 1.54) is 17.4 Å². The molecule has 0 saturated heterocycles. The van der Waals surface area contributed by atoms with Gasteiger partial charge in [-0.05, 0) is 50.2 Å². The summed E-state index contributed by atoms with van der Waals surface area (Å²) in [6.07, 6.45) is 0. The molecule has 0 saturated carbocycles. The molecule has 1 aromatic heterocycles. The molecule has 0 fully saturated rings. The average molecular weight is 427 g/mol. The highest BCUT2D eigenvalue weighted by Gasteiger charge is 2.20. The topological polar surface area (TPSA) is 68.3 Å². The zero-order valence-electron chi connectivity index (χ0n) is 13.0. The van der Waals surface area contributed by atoms with E-state index in [0.717, 1.165) is 15.2 Å². The average Bonchev–Trinajstić information content (AvgIpc) is 2.88. The van der Waals surface area contributed by atoms with Crippen molar-refractivity contribution in [3.05, 3.63) is 45.9 Å². The molecule has 0 aliphatic rings. The lowest BCUT2D eigenvalue weighted by Crippen LogP contribution is -2.14. The second kappa shape index (κ2) is 6.70. The van der Waals surface area contributed by atoms with Crippen molar-refractivity contribution < 1.29 is 13.2 Å². The number of aryl methyl sites for hydroxylation is 1. The molecule has 0 radical (unpaired) electrons. The Morgan fingerprint density at radius 3 is 2.79 bits per heavy atom. The monoisotopic (exact) mass is 426 g/mol. The summed E-state index contributed by atoms with van der Waals surface area (Å²) in [4.78, 5) is 4.47. The first-order valence-corrected chi connectivity index (χ1v) is 10.3. The first-order chi connectivity index (χ1) is 11.4. The van der Waals surface area contributed by atoms with Crippen LogP contribution in [0.3, 0.4) is 0 Å². The fourth-order valence-corrected chi connectivity index (χ4v) is 4.88. The van der Waals surface area contributed by atoms with E-state index in [1.807, 2.05) is 13.8 Å². The molecule has 8 heteroatoms. The van der Waals surface area contributed by atoms with Gasteiger partial charge in [-0.2, -0.15) is 0 Å². The van der Waals surface area contributed by atoms with Crippen LogP contribution >= 0.6 is 27.3 Å². The minimum Gasteiger partial charge on any atom is -0.492 e. The largest absolute Gasteiger partial charge is 0.492 e. The van der Waals surface area contributed by atoms with Crippen LogP contribution in [0, 0.1) is 6.92 Å². The van der Waals surface area contributed by atoms with Gasteiger partial charge < -0.3 is 4.74 Å². The standard InChI is InChI=1S/C16H15BrN2O3S2/c1-3-22-14-7-4-11(17)8-16(14)24(20,21)19-12-5-6-13-15(9-12)23-10(2)18-13/h4-9,19H,3H2,1-2H3. The Morgan fingerprint density at radius 1 is 1.25 bits per heavy atom. The Hall–Kier alpha value is -1.64. The Labute approximate surface area is 152 Å². The summed E-state index contributed by atoms with van der Waals surface area (Å²) in [5, 5.41) is 0.940. The van der Waals surface area contributed by atoms with Crippen molar-refractivity contribution in [1.29, 1.82) is 0 Å². The number of thiazole rings is 1. The summed E-state index contributed by atoms with van der Waals surface area (Å²) in [6.45, 7) is 4.12. The van der Waals surface area contributed by atoms with Crippen LogP contribution in [0.15, 0.2) is 45.8 Å². The zero-order chi connectivity index (χ0) is 17.3. The summed E-state index contributed by atoms with van der Waals surface area (Å²) in [6, 6.07) is 10.2. The summed E-state index contributed by atoms with van der Waals surface area (Å²) in [7, 11) is -3.77. The third kappa shape index (κ3) is 3.55. The highest BCUT2D eigenvalue weighted by atomic mass is 79.9. The van der Waals surface area contributed by atoms with Crippen molar-refractivity contribution in [2.45, 2.75) is 18.7 Å². The number of benzene rings is 2. The Balaban J connectivity index is 1.99. The summed E-state index contributed by atoms with van der Waals surface area (Å²) < 4.78 is 35.2. The van der Waals surface area contributed by atoms with E-state index < -0.39 is 10.0 Å². The van der Waals surface area contributed by atoms with Gasteiger partial charge in [-0.15, -0.1) is 11.3 Å². The molecule has 0 amide bonds. The van der Waals surface area contributed by atoms with Crippen LogP contribution in [0.4, 0.5) is 5.69 Å². The molecule has 0 atom stereocenters. The fraction of sp³-hybridized carbons (Fsp3) is 0.188. The Morgan fingerprint density at radius 2 is 2.04 bits per heavy atom. The number of anilines is 1. The van der Waals surface area contributed by atoms with Gasteiger partial charge in [0.1, 0.15) is 10.6 Å². The normalized spacial score (nSPS) is 11.6. The molecule has 5 nitrogen and oxygen atoms in total. The van der Waals surface area contributed by atoms with Gasteiger partial charge in [-0.1, -0.05) is 15.9 Å². The molecule has 0 aliphatic carbocycles. The molecule has 1 N–H and O–H groups in total. The molecule has 126 valence electrons. The molecule has 3 rings (SSSR count). The molecule has 0 aliphatic heterocycles. The molecule has 0 bridgehead atoms. The van der Waals surface area contributed by atoms with Gasteiger partial charge in [0.2, 0.25) is 0 Å². The molecular formula is C16H15BrN2O3S2. The predicted molar refractivity (Wildman–Crippen MR) is 100 cm³/mol. The maximum Gasteiger partial charge on any atom is 0.265 e. The van der Waals surface area contributed by atoms with Gasteiger partial charge >= 0.3 is 0 Å². The van der Waals surface area contributed by atoms with Gasteiger partial charge in [-0.25, -0.2) is 13.4 Å². The van der Waals surface area contributed by atoms with E-state index in [0.29, 0.717) is 22.5 Å². The molecule has 0 unspecified atom stereocenters. The lowest BCUT2D eigenvalue weighted by molar-refractivity contribution is 0.331. The Kier molecular flexibility index (Phi) is 4.80. The molecular weight excluding hydrogens is 412 g/mol. The molecule has 0 spiro atoms. The predicted octanol–water partition coefficient (Wildman–Crippen LogP) is 4.57. The second-order valence-corrected chi connectivity index (χ2v) is 8.85. The first kappa shape index (κ1) is 17.2. The van der Waals surface area contributed by atoms with Crippen molar-refractivity contribution in [2.24, 2.45) is 0 Å². The van der Waals surface area contributed by atoms with Crippen LogP contribution in [-0.2, 0) is 10.0 Å². The second-order valence-electron chi connectivity index (χ2n) is 5.04. The van der Waals surface area contributed by atoms with E-state index in [-0.39, 0.29) is 4.90 Å². The lowest BCUT2D eigenvalue weighted by Gasteiger charge is -2.13. The minimum atomic E-state index is -3.77. The van der Waals surface area contributed by atoms with E-state index in [2.05, 4.69) is 25.6 Å². The number of nitrogens with one attached hydrogen (secondary N) is 1. The molecule has 2 aromatic carbocycles. The van der Waals surface area contributed by atoms with Crippen LogP contribution in [-0.4, -0.2) is 20.0 Å². The number of fused-ring (bicyclic) bond motifs is 1. The number of sulfonamides is 1. The third-order valence-corrected chi connectivity index (χ3v) is 6.07. The minimum absolute atomic E-state index is 0.0966. The number of halogens is 1. The Bertz CT molecular complexity index is 1000. The van der Waals surface area contributed by atoms with Crippen molar-refractivity contribution in [3.63, 3.8) is 0 Å². The van der Waals surface area contributed by atoms with Gasteiger partial charge in [0.05, 0.1) is 27.5 Å². The van der Waals surface area contributed by atoms with Gasteiger partial charge in [0.25, 0.3) is 10.0 Å². The van der Waals surface area contributed by atoms with E-state index >= 15 is 0 Å². The van der Waals surface area contributed by atoms with Crippen molar-refractivity contribution in [2.75, 3.05) is 11.3 Å². The highest BCUT2D eigenvalue weighted by molar-refractivity contribution is 9.10. The van der Waals surface area contributed by atoms with Crippen LogP contribution in [0.2, 0.25) is 0 Å². The number of aromatic nitrogens is 1. The van der Waals surface area contributed by atoms with Crippen LogP contribution < -0.4 is 9.46 Å². The first-order valence-electron chi connectivity index (χ1n) is 7.21. The quantitative estimate of drug-likeness (QED) is 0.648. The van der Waals surface area contributed by atoms with Crippen LogP contribution in [0.5, 0.6) is 5.75 Å².